The van der Waals surface area contributed by atoms with E-state index in [1.807, 2.05) is 48.5 Å². The molecule has 0 saturated carbocycles. The van der Waals surface area contributed by atoms with Crippen LogP contribution in [0.25, 0.3) is 22.5 Å². The monoisotopic (exact) mass is 462 g/mol. The summed E-state index contributed by atoms with van der Waals surface area (Å²) >= 11 is 0. The lowest BCUT2D eigenvalue weighted by Crippen LogP contribution is -2.13. The second-order valence-electron chi connectivity index (χ2n) is 8.03. The van der Waals surface area contributed by atoms with Gasteiger partial charge in [-0.15, -0.1) is 10.2 Å². The van der Waals surface area contributed by atoms with Crippen molar-refractivity contribution in [3.63, 3.8) is 0 Å². The molecule has 0 saturated heterocycles. The van der Waals surface area contributed by atoms with Crippen molar-refractivity contribution in [3.05, 3.63) is 71.2 Å². The first kappa shape index (κ1) is 22.7. The Bertz CT molecular complexity index is 1350. The molecule has 4 aromatic rings. The average molecular weight is 463 g/mol. The molecule has 0 fully saturated rings. The minimum atomic E-state index is -3.48. The molecule has 2 heterocycles. The predicted molar refractivity (Wildman–Crippen MR) is 126 cm³/mol. The van der Waals surface area contributed by atoms with Gasteiger partial charge in [-0.05, 0) is 41.7 Å². The number of nitrogens with one attached hydrogen (secondary N) is 1. The molecule has 4 rings (SSSR count). The van der Waals surface area contributed by atoms with Crippen LogP contribution < -0.4 is 0 Å². The number of unbranched alkanes of at least 4 members (excludes halogenated alkanes) is 1. The summed E-state index contributed by atoms with van der Waals surface area (Å²) in [4.78, 5) is 8.88. The summed E-state index contributed by atoms with van der Waals surface area (Å²) in [6, 6.07) is 15.9. The van der Waals surface area contributed by atoms with Gasteiger partial charge in [0.1, 0.15) is 5.82 Å². The average Bonchev–Trinajstić information content (AvgIpc) is 3.33. The SMILES string of the molecule is CCCCc1nc(C)nc(S(C)(=O)=O)c1Cc1ccc(-c2ccccc2-c2nn[nH]n2)cc1. The molecular weight excluding hydrogens is 436 g/mol. The fourth-order valence-electron chi connectivity index (χ4n) is 3.87. The molecule has 8 nitrogen and oxygen atoms in total. The lowest BCUT2D eigenvalue weighted by Gasteiger charge is -2.14. The van der Waals surface area contributed by atoms with Gasteiger partial charge in [-0.3, -0.25) is 0 Å². The minimum Gasteiger partial charge on any atom is -0.238 e. The Morgan fingerprint density at radius 1 is 0.970 bits per heavy atom. The number of H-pyrrole nitrogens is 1. The van der Waals surface area contributed by atoms with Crippen LogP contribution in [0, 0.1) is 6.92 Å². The summed E-state index contributed by atoms with van der Waals surface area (Å²) < 4.78 is 25.0. The number of sulfone groups is 1. The van der Waals surface area contributed by atoms with Crippen LogP contribution in [0.1, 0.15) is 42.4 Å². The predicted octanol–water partition coefficient (Wildman–Crippen LogP) is 3.97. The van der Waals surface area contributed by atoms with Gasteiger partial charge < -0.3 is 0 Å². The summed E-state index contributed by atoms with van der Waals surface area (Å²) in [5, 5.41) is 14.5. The van der Waals surface area contributed by atoms with Crippen molar-refractivity contribution in [3.8, 4) is 22.5 Å². The van der Waals surface area contributed by atoms with Gasteiger partial charge in [0.2, 0.25) is 5.82 Å². The van der Waals surface area contributed by atoms with E-state index in [1.54, 1.807) is 6.92 Å². The van der Waals surface area contributed by atoms with E-state index in [1.165, 1.54) is 6.26 Å². The van der Waals surface area contributed by atoms with Gasteiger partial charge >= 0.3 is 0 Å². The molecule has 0 bridgehead atoms. The second kappa shape index (κ2) is 9.58. The summed E-state index contributed by atoms with van der Waals surface area (Å²) in [5.41, 5.74) is 5.38. The first-order chi connectivity index (χ1) is 15.9. The molecule has 1 N–H and O–H groups in total. The van der Waals surface area contributed by atoms with Crippen molar-refractivity contribution >= 4 is 9.84 Å². The van der Waals surface area contributed by atoms with Gasteiger partial charge in [-0.1, -0.05) is 61.9 Å². The number of aryl methyl sites for hydroxylation is 2. The summed E-state index contributed by atoms with van der Waals surface area (Å²) in [6.45, 7) is 3.85. The molecule has 2 aromatic heterocycles. The van der Waals surface area contributed by atoms with Gasteiger partial charge in [-0.25, -0.2) is 18.4 Å². The van der Waals surface area contributed by atoms with E-state index in [-0.39, 0.29) is 5.03 Å². The van der Waals surface area contributed by atoms with Gasteiger partial charge in [0, 0.05) is 29.5 Å². The number of aromatic amines is 1. The quantitative estimate of drug-likeness (QED) is 0.394. The molecule has 170 valence electrons. The molecule has 0 spiro atoms. The minimum absolute atomic E-state index is 0.132. The first-order valence-electron chi connectivity index (χ1n) is 10.9. The van der Waals surface area contributed by atoms with E-state index in [4.69, 9.17) is 0 Å². The third-order valence-corrected chi connectivity index (χ3v) is 6.48. The molecule has 0 aliphatic heterocycles. The van der Waals surface area contributed by atoms with Crippen LogP contribution in [0.15, 0.2) is 53.6 Å². The third kappa shape index (κ3) is 5.14. The Morgan fingerprint density at radius 3 is 2.33 bits per heavy atom. The van der Waals surface area contributed by atoms with E-state index in [0.29, 0.717) is 23.6 Å². The van der Waals surface area contributed by atoms with Gasteiger partial charge in [0.25, 0.3) is 0 Å². The van der Waals surface area contributed by atoms with Crippen LogP contribution >= 0.6 is 0 Å². The lowest BCUT2D eigenvalue weighted by molar-refractivity contribution is 0.594. The van der Waals surface area contributed by atoms with Crippen molar-refractivity contribution < 1.29 is 8.42 Å². The maximum Gasteiger partial charge on any atom is 0.205 e. The highest BCUT2D eigenvalue weighted by atomic mass is 32.2. The summed E-state index contributed by atoms with van der Waals surface area (Å²) in [5.74, 6) is 1.02. The molecule has 0 amide bonds. The molecule has 0 unspecified atom stereocenters. The number of nitrogens with zero attached hydrogens (tertiary/aromatic N) is 5. The Morgan fingerprint density at radius 2 is 1.70 bits per heavy atom. The standard InChI is InChI=1S/C24H26N6O2S/c1-4-5-10-22-21(24(33(3,31)32)26-16(2)25-22)15-17-11-13-18(14-12-17)19-8-6-7-9-20(19)23-27-29-30-28-23/h6-9,11-14H,4-5,10,15H2,1-3H3,(H,27,28,29,30). The molecular formula is C24H26N6O2S. The van der Waals surface area contributed by atoms with E-state index in [0.717, 1.165) is 47.2 Å². The van der Waals surface area contributed by atoms with E-state index in [2.05, 4.69) is 37.5 Å². The van der Waals surface area contributed by atoms with Crippen LogP contribution in [0.3, 0.4) is 0 Å². The Balaban J connectivity index is 1.70. The number of tetrazole rings is 1. The van der Waals surface area contributed by atoms with Crippen molar-refractivity contribution in [2.45, 2.75) is 44.6 Å². The van der Waals surface area contributed by atoms with Crippen molar-refractivity contribution in [1.82, 2.24) is 30.6 Å². The van der Waals surface area contributed by atoms with Crippen LogP contribution in [0.2, 0.25) is 0 Å². The maximum atomic E-state index is 12.5. The molecule has 0 aliphatic carbocycles. The normalized spacial score (nSPS) is 11.6. The van der Waals surface area contributed by atoms with Crippen LogP contribution in [-0.2, 0) is 22.7 Å². The third-order valence-electron chi connectivity index (χ3n) is 5.44. The van der Waals surface area contributed by atoms with Crippen LogP contribution in [-0.4, -0.2) is 45.3 Å². The number of benzene rings is 2. The fraction of sp³-hybridized carbons (Fsp3) is 0.292. The van der Waals surface area contributed by atoms with Crippen molar-refractivity contribution in [2.75, 3.05) is 6.26 Å². The number of hydrogen-bond acceptors (Lipinski definition) is 7. The highest BCUT2D eigenvalue weighted by Crippen LogP contribution is 2.30. The molecule has 9 heteroatoms. The Kier molecular flexibility index (Phi) is 6.60. The van der Waals surface area contributed by atoms with Gasteiger partial charge in [-0.2, -0.15) is 5.21 Å². The largest absolute Gasteiger partial charge is 0.238 e. The molecule has 2 aromatic carbocycles. The highest BCUT2D eigenvalue weighted by molar-refractivity contribution is 7.90. The zero-order valence-corrected chi connectivity index (χ0v) is 19.7. The van der Waals surface area contributed by atoms with Crippen LogP contribution in [0.5, 0.6) is 0 Å². The lowest BCUT2D eigenvalue weighted by atomic mass is 9.96. The first-order valence-corrected chi connectivity index (χ1v) is 12.7. The number of rotatable bonds is 8. The van der Waals surface area contributed by atoms with Crippen LogP contribution in [0.4, 0.5) is 0 Å². The molecule has 0 atom stereocenters. The van der Waals surface area contributed by atoms with Crippen molar-refractivity contribution in [1.29, 1.82) is 0 Å². The number of hydrogen-bond donors (Lipinski definition) is 1. The maximum absolute atomic E-state index is 12.5. The zero-order chi connectivity index (χ0) is 23.4. The smallest absolute Gasteiger partial charge is 0.205 e. The second-order valence-corrected chi connectivity index (χ2v) is 9.96. The van der Waals surface area contributed by atoms with E-state index in [9.17, 15) is 8.42 Å². The van der Waals surface area contributed by atoms with Gasteiger partial charge in [0.15, 0.2) is 14.9 Å². The Labute approximate surface area is 193 Å². The topological polar surface area (TPSA) is 114 Å². The Hall–Kier alpha value is -3.46. The molecule has 33 heavy (non-hydrogen) atoms. The summed E-state index contributed by atoms with van der Waals surface area (Å²) in [7, 11) is -3.48. The summed E-state index contributed by atoms with van der Waals surface area (Å²) in [6.07, 6.45) is 4.34. The molecule has 0 radical (unpaired) electrons. The van der Waals surface area contributed by atoms with E-state index < -0.39 is 9.84 Å². The zero-order valence-electron chi connectivity index (χ0n) is 18.9. The van der Waals surface area contributed by atoms with E-state index >= 15 is 0 Å². The highest BCUT2D eigenvalue weighted by Gasteiger charge is 2.21. The number of aromatic nitrogens is 6. The van der Waals surface area contributed by atoms with Crippen molar-refractivity contribution in [2.24, 2.45) is 0 Å². The fourth-order valence-corrected chi connectivity index (χ4v) is 4.81. The molecule has 0 aliphatic rings. The van der Waals surface area contributed by atoms with Gasteiger partial charge in [0.05, 0.1) is 0 Å².